The Labute approximate surface area is 685 Å². The first-order valence-electron chi connectivity index (χ1n) is 49.6. The molecule has 6 aromatic carbocycles. The molecule has 12 rings (SSSR count). The van der Waals surface area contributed by atoms with Gasteiger partial charge in [0.25, 0.3) is 0 Å². The van der Waals surface area contributed by atoms with Gasteiger partial charge in [-0.05, 0) is 294 Å². The van der Waals surface area contributed by atoms with E-state index in [0.29, 0.717) is 16.7 Å². The zero-order valence-electron chi connectivity index (χ0n) is 94.6. The fourth-order valence-corrected chi connectivity index (χ4v) is 13.7. The number of aryl methyl sites for hydroxylation is 24. The van der Waals surface area contributed by atoms with Gasteiger partial charge < -0.3 is 0 Å². The van der Waals surface area contributed by atoms with Crippen molar-refractivity contribution in [2.24, 2.45) is 42.3 Å². The van der Waals surface area contributed by atoms with Crippen molar-refractivity contribution in [3.8, 4) is 67.5 Å². The molecule has 6 heteroatoms. The average molecular weight is 1460 g/mol. The van der Waals surface area contributed by atoms with Gasteiger partial charge >= 0.3 is 0 Å². The van der Waals surface area contributed by atoms with Crippen LogP contribution in [0.15, 0.2) is 189 Å². The third-order valence-electron chi connectivity index (χ3n) is 20.1. The van der Waals surface area contributed by atoms with E-state index in [0.717, 1.165) is 101 Å². The van der Waals surface area contributed by atoms with Gasteiger partial charge in [-0.2, -0.15) is 0 Å². The molecule has 6 nitrogen and oxygen atoms in total. The Bertz CT molecular complexity index is 5980. The summed E-state index contributed by atoms with van der Waals surface area (Å²) >= 11 is 0. The Morgan fingerprint density at radius 1 is 0.299 bits per heavy atom. The van der Waals surface area contributed by atoms with E-state index >= 15 is 0 Å². The number of aromatic nitrogens is 6. The molecule has 0 aliphatic heterocycles. The van der Waals surface area contributed by atoms with Gasteiger partial charge in [0.15, 0.2) is 37.2 Å². The first kappa shape index (κ1) is 53.1. The zero-order valence-corrected chi connectivity index (χ0v) is 67.6. The van der Waals surface area contributed by atoms with E-state index < -0.39 is 72.5 Å². The van der Waals surface area contributed by atoms with Gasteiger partial charge in [0.05, 0.1) is 0 Å². The molecule has 0 amide bonds. The minimum atomic E-state index is -2.76. The molecule has 0 saturated carbocycles. The van der Waals surface area contributed by atoms with Crippen LogP contribution in [0.2, 0.25) is 0 Å². The molecule has 0 spiro atoms. The molecular formula is C101H130N6+6. The maximum absolute atomic E-state index is 8.24. The minimum absolute atomic E-state index is 0.0955. The second-order valence-electron chi connectivity index (χ2n) is 28.6. The van der Waals surface area contributed by atoms with E-state index in [1.165, 1.54) is 75.7 Å². The first-order chi connectivity index (χ1) is 61.1. The van der Waals surface area contributed by atoms with Gasteiger partial charge in [0, 0.05) is 140 Å². The normalized spacial score (nSPS) is 16.7. The topological polar surface area (TPSA) is 23.3 Å². The van der Waals surface area contributed by atoms with Crippen molar-refractivity contribution in [2.75, 3.05) is 0 Å². The lowest BCUT2D eigenvalue weighted by molar-refractivity contribution is -0.661. The Balaban J connectivity index is 0.000000221. The standard InChI is InChI=1S/2C18H24N.2C17H22N.C16H20N.C15H18N/c1-12(2)16-7-8-17(14(4)10-16)18-15(5)9-13(3)11-19(18)6;1-12(2)16-7-8-17(14(4)11-16)18-15(5)13(3)9-10-19(18)6;1-6-15-7-8-16(13(3)10-15)17-14(4)9-12(2)11-18(17)5;1-6-15-7-8-16(13(3)11-15)17-14(4)12(2)9-10-18(17)5;1-11-6-7-15(13(3)10-11)16-14(4)12(2)8-9-17(16)5;1-11-9-13(3)14(10-12(11)2)15-7-5-6-8-16(15)4/h2*7-12H,1-6H3;2*7-11H,6H2,1-5H3;6-10H,1-5H3;5-10H,1-4H3/q6*+1/i1D3,3D3,12D;1D3,12D;1D3,2D3,6D2;1D3,6D2;1D3;. The second kappa shape index (κ2) is 37.7. The highest BCUT2D eigenvalue weighted by Crippen LogP contribution is 2.33. The maximum atomic E-state index is 8.24. The fraction of sp³-hybridized carbons (Fsp3) is 0.347. The molecule has 0 bridgehead atoms. The predicted molar refractivity (Wildman–Crippen MR) is 455 cm³/mol. The van der Waals surface area contributed by atoms with Gasteiger partial charge in [-0.25, -0.2) is 27.4 Å². The maximum Gasteiger partial charge on any atom is 0.215 e. The lowest BCUT2D eigenvalue weighted by Crippen LogP contribution is -2.32. The summed E-state index contributed by atoms with van der Waals surface area (Å²) in [6.07, 6.45) is 6.50. The quantitative estimate of drug-likeness (QED) is 0.122. The molecule has 2 unspecified atom stereocenters. The summed E-state index contributed by atoms with van der Waals surface area (Å²) in [6.45, 7) is 18.3. The molecule has 6 heterocycles. The van der Waals surface area contributed by atoms with Crippen LogP contribution in [0, 0.1) is 131 Å². The van der Waals surface area contributed by atoms with Gasteiger partial charge in [-0.3, -0.25) is 0 Å². The van der Waals surface area contributed by atoms with Crippen LogP contribution in [-0.4, -0.2) is 0 Å². The average Bonchev–Trinajstić information content (AvgIpc) is 0.695. The highest BCUT2D eigenvalue weighted by molar-refractivity contribution is 5.70. The molecule has 0 fully saturated rings. The molecule has 107 heavy (non-hydrogen) atoms. The second-order valence-corrected chi connectivity index (χ2v) is 28.6. The van der Waals surface area contributed by atoms with Crippen molar-refractivity contribution in [1.82, 2.24) is 0 Å². The lowest BCUT2D eigenvalue weighted by Gasteiger charge is -2.12. The van der Waals surface area contributed by atoms with Crippen LogP contribution in [0.1, 0.15) is 218 Å². The Morgan fingerprint density at radius 3 is 1.01 bits per heavy atom. The summed E-state index contributed by atoms with van der Waals surface area (Å²) in [6, 6.07) is 46.2. The van der Waals surface area contributed by atoms with Crippen molar-refractivity contribution in [3.63, 3.8) is 0 Å². The molecular weight excluding hydrogens is 1300 g/mol. The van der Waals surface area contributed by atoms with Gasteiger partial charge in [0.1, 0.15) is 42.3 Å². The number of rotatable bonds is 10. The molecule has 6 aromatic heterocycles. The van der Waals surface area contributed by atoms with Gasteiger partial charge in [-0.15, -0.1) is 0 Å². The van der Waals surface area contributed by atoms with E-state index in [4.69, 9.17) is 37.0 Å². The van der Waals surface area contributed by atoms with Crippen molar-refractivity contribution >= 4 is 0 Å². The van der Waals surface area contributed by atoms with Crippen LogP contribution in [0.3, 0.4) is 0 Å². The molecule has 0 aliphatic rings. The monoisotopic (exact) mass is 1450 g/mol. The molecule has 0 radical (unpaired) electrons. The van der Waals surface area contributed by atoms with Crippen LogP contribution < -0.4 is 27.4 Å². The Kier molecular flexibility index (Phi) is 18.7. The highest BCUT2D eigenvalue weighted by atomic mass is 14.9. The molecule has 558 valence electrons. The summed E-state index contributed by atoms with van der Waals surface area (Å²) in [4.78, 5) is 0. The minimum Gasteiger partial charge on any atom is -0.201 e. The number of pyridine rings is 6. The first-order valence-corrected chi connectivity index (χ1v) is 36.1. The van der Waals surface area contributed by atoms with Crippen LogP contribution in [-0.2, 0) is 55.0 Å². The highest BCUT2D eigenvalue weighted by Gasteiger charge is 2.23. The third kappa shape index (κ3) is 21.1. The summed E-state index contributed by atoms with van der Waals surface area (Å²) in [5.41, 5.74) is 31.8. The smallest absolute Gasteiger partial charge is 0.201 e. The molecule has 0 saturated heterocycles. The molecule has 12 aromatic rings. The number of hydrogen-bond donors (Lipinski definition) is 0. The fourth-order valence-electron chi connectivity index (χ4n) is 13.7. The van der Waals surface area contributed by atoms with E-state index in [1.54, 1.807) is 115 Å². The Hall–Kier alpha value is -9.78. The van der Waals surface area contributed by atoms with Crippen LogP contribution in [0.25, 0.3) is 67.5 Å². The van der Waals surface area contributed by atoms with Gasteiger partial charge in [-0.1, -0.05) is 114 Å². The molecule has 0 N–H and O–H groups in total. The predicted octanol–water partition coefficient (Wildman–Crippen LogP) is 22.3. The van der Waals surface area contributed by atoms with E-state index in [-0.39, 0.29) is 22.3 Å². The number of benzene rings is 6. The van der Waals surface area contributed by atoms with Crippen molar-refractivity contribution in [1.29, 1.82) is 0 Å². The van der Waals surface area contributed by atoms with Crippen LogP contribution in [0.4, 0.5) is 0 Å². The largest absolute Gasteiger partial charge is 0.215 e. The van der Waals surface area contributed by atoms with Crippen molar-refractivity contribution < 1.29 is 64.4 Å². The summed E-state index contributed by atoms with van der Waals surface area (Å²) in [5, 5.41) is 0. The SMILES string of the molecule is Cc1cc(C)c(-c2cccc[n+]2C)cc1C.[2H]C([2H])([2H])C([2H])(C)c1ccc(-c2c(C)c(C)cc[n+]2C)c(C)c1.[2H]C([2H])([2H])C([2H])([2H])c1ccc(-c2c(C)c(C)cc[n+]2C)c(C)c1.[2H]C([2H])([2H])c1cc(C)c(-c2ccc(C([2H])(C)C([2H])([2H])[2H])cc2C)[n+](C)c1.[2H]C([2H])([2H])c1cc(C)c(-c2ccc(C([2H])([2H])C([2H])([2H])[2H])cc2C)[n+](C)c1.[2H]C([2H])([2H])c1ccc(-c2c(C)c(C)cc[n+]2C)c(C)c1. The lowest BCUT2D eigenvalue weighted by atomic mass is 9.94. The Morgan fingerprint density at radius 2 is 0.654 bits per heavy atom. The number of hydrogen-bond acceptors (Lipinski definition) is 0. The van der Waals surface area contributed by atoms with Crippen molar-refractivity contribution in [2.45, 2.75) is 197 Å². The summed E-state index contributed by atoms with van der Waals surface area (Å²) < 4.78 is 218. The van der Waals surface area contributed by atoms with Gasteiger partial charge in [0.2, 0.25) is 34.2 Å². The molecule has 0 aliphatic carbocycles. The van der Waals surface area contributed by atoms with Crippen LogP contribution >= 0.6 is 0 Å². The van der Waals surface area contributed by atoms with E-state index in [2.05, 4.69) is 138 Å². The van der Waals surface area contributed by atoms with E-state index in [1.807, 2.05) is 110 Å². The van der Waals surface area contributed by atoms with Crippen molar-refractivity contribution in [3.05, 3.63) is 317 Å². The van der Waals surface area contributed by atoms with E-state index in [9.17, 15) is 0 Å². The summed E-state index contributed by atoms with van der Waals surface area (Å²) in [7, 11) is 11.6. The zero-order chi connectivity index (χ0) is 102. The molecule has 2 atom stereocenters. The summed E-state index contributed by atoms with van der Waals surface area (Å²) in [5.74, 6) is -3.31. The third-order valence-corrected chi connectivity index (χ3v) is 20.1. The van der Waals surface area contributed by atoms with Crippen LogP contribution in [0.5, 0.6) is 0 Å². The number of nitrogens with zero attached hydrogens (tertiary/aromatic N) is 6.